The van der Waals surface area contributed by atoms with Crippen LogP contribution in [0.1, 0.15) is 27.9 Å². The van der Waals surface area contributed by atoms with Crippen molar-refractivity contribution in [2.45, 2.75) is 25.1 Å². The molecule has 4 rings (SSSR count). The second-order valence-electron chi connectivity index (χ2n) is 8.69. The number of aryl methyl sites for hydroxylation is 1. The Labute approximate surface area is 212 Å². The summed E-state index contributed by atoms with van der Waals surface area (Å²) in [5.41, 5.74) is -3.16. The highest BCUT2D eigenvalue weighted by Gasteiger charge is 2.37. The first-order valence-electron chi connectivity index (χ1n) is 11.4. The van der Waals surface area contributed by atoms with Crippen LogP contribution in [0, 0.1) is 11.6 Å². The van der Waals surface area contributed by atoms with E-state index in [1.807, 2.05) is 0 Å². The van der Waals surface area contributed by atoms with Gasteiger partial charge in [-0.05, 0) is 37.1 Å². The third-order valence-electron chi connectivity index (χ3n) is 6.23. The van der Waals surface area contributed by atoms with Crippen LogP contribution in [0.3, 0.4) is 0 Å². The van der Waals surface area contributed by atoms with Gasteiger partial charge in [0.1, 0.15) is 23.2 Å². The number of carbonyl (C=O) groups is 2. The van der Waals surface area contributed by atoms with Gasteiger partial charge < -0.3 is 19.9 Å². The van der Waals surface area contributed by atoms with Crippen LogP contribution < -0.4 is 15.8 Å². The molecular formula is C25H21F5N4O4. The van der Waals surface area contributed by atoms with Crippen molar-refractivity contribution in [1.29, 1.82) is 0 Å². The van der Waals surface area contributed by atoms with E-state index >= 15 is 0 Å². The maximum Gasteiger partial charge on any atom is 0.417 e. The van der Waals surface area contributed by atoms with Crippen LogP contribution in [-0.2, 0) is 24.4 Å². The quantitative estimate of drug-likeness (QED) is 0.469. The summed E-state index contributed by atoms with van der Waals surface area (Å²) in [5, 5.41) is 11.8. The molecular weight excluding hydrogens is 515 g/mol. The van der Waals surface area contributed by atoms with E-state index in [2.05, 4.69) is 10.3 Å². The van der Waals surface area contributed by atoms with E-state index in [-0.39, 0.29) is 25.2 Å². The number of carboxylic acids is 1. The van der Waals surface area contributed by atoms with Gasteiger partial charge in [0.2, 0.25) is 0 Å². The van der Waals surface area contributed by atoms with Gasteiger partial charge in [-0.2, -0.15) is 13.2 Å². The standard InChI is InChI=1S/C25H21F5N4O4/c1-33-11-8-14(25(28,29)30)19(23(33)36)21-13-4-3-10-34(18(13)7-9-31-21)12-17(24(37)38)32-22(35)20-15(26)5-2-6-16(20)27/h2,5-9,11,17H,3-4,10,12H2,1H3,(H,32,35)(H,37,38). The third-order valence-corrected chi connectivity index (χ3v) is 6.23. The summed E-state index contributed by atoms with van der Waals surface area (Å²) in [6.07, 6.45) is -1.98. The Hall–Kier alpha value is -4.29. The molecule has 1 aliphatic rings. The lowest BCUT2D eigenvalue weighted by molar-refractivity contribution is -0.139. The average Bonchev–Trinajstić information content (AvgIpc) is 2.84. The van der Waals surface area contributed by atoms with Gasteiger partial charge in [-0.25, -0.2) is 13.6 Å². The SMILES string of the molecule is Cn1ccc(C(F)(F)F)c(-c2nccc3c2CCCN3CC(NC(=O)c2c(F)cccc2F)C(=O)O)c1=O. The van der Waals surface area contributed by atoms with Crippen LogP contribution in [0.25, 0.3) is 11.3 Å². The fraction of sp³-hybridized carbons (Fsp3) is 0.280. The van der Waals surface area contributed by atoms with E-state index in [0.29, 0.717) is 17.7 Å². The molecule has 0 bridgehead atoms. The van der Waals surface area contributed by atoms with Gasteiger partial charge in [-0.1, -0.05) is 6.07 Å². The van der Waals surface area contributed by atoms with E-state index in [0.717, 1.165) is 35.0 Å². The van der Waals surface area contributed by atoms with Crippen molar-refractivity contribution in [3.63, 3.8) is 0 Å². The van der Waals surface area contributed by atoms with Crippen LogP contribution in [0.4, 0.5) is 27.6 Å². The van der Waals surface area contributed by atoms with Crippen molar-refractivity contribution in [2.24, 2.45) is 7.05 Å². The Morgan fingerprint density at radius 2 is 1.84 bits per heavy atom. The smallest absolute Gasteiger partial charge is 0.417 e. The molecule has 2 aromatic heterocycles. The van der Waals surface area contributed by atoms with Crippen molar-refractivity contribution < 1.29 is 36.6 Å². The highest BCUT2D eigenvalue weighted by molar-refractivity contribution is 5.97. The summed E-state index contributed by atoms with van der Waals surface area (Å²) in [5.74, 6) is -5.11. The fourth-order valence-corrected chi connectivity index (χ4v) is 4.44. The lowest BCUT2D eigenvalue weighted by atomic mass is 9.94. The number of aliphatic carboxylic acids is 1. The van der Waals surface area contributed by atoms with E-state index in [4.69, 9.17) is 0 Å². The van der Waals surface area contributed by atoms with Crippen LogP contribution in [0.2, 0.25) is 0 Å². The lowest BCUT2D eigenvalue weighted by Gasteiger charge is -2.34. The molecule has 3 aromatic rings. The number of nitrogens with one attached hydrogen (secondary N) is 1. The lowest BCUT2D eigenvalue weighted by Crippen LogP contribution is -2.50. The fourth-order valence-electron chi connectivity index (χ4n) is 4.44. The molecule has 3 heterocycles. The van der Waals surface area contributed by atoms with Crippen molar-refractivity contribution in [3.05, 3.63) is 81.4 Å². The van der Waals surface area contributed by atoms with Crippen molar-refractivity contribution in [2.75, 3.05) is 18.0 Å². The number of hydrogen-bond acceptors (Lipinski definition) is 5. The van der Waals surface area contributed by atoms with Gasteiger partial charge in [0.15, 0.2) is 0 Å². The summed E-state index contributed by atoms with van der Waals surface area (Å²) >= 11 is 0. The molecule has 0 fully saturated rings. The van der Waals surface area contributed by atoms with E-state index < -0.39 is 58.0 Å². The second-order valence-corrected chi connectivity index (χ2v) is 8.69. The normalized spacial score (nSPS) is 14.1. The Morgan fingerprint density at radius 3 is 2.47 bits per heavy atom. The zero-order valence-electron chi connectivity index (χ0n) is 19.9. The van der Waals surface area contributed by atoms with E-state index in [1.54, 1.807) is 0 Å². The van der Waals surface area contributed by atoms with Crippen molar-refractivity contribution in [1.82, 2.24) is 14.9 Å². The van der Waals surface area contributed by atoms with Crippen LogP contribution >= 0.6 is 0 Å². The number of benzene rings is 1. The van der Waals surface area contributed by atoms with E-state index in [9.17, 15) is 41.4 Å². The number of rotatable bonds is 6. The Kier molecular flexibility index (Phi) is 7.20. The summed E-state index contributed by atoms with van der Waals surface area (Å²) in [6, 6.07) is 3.39. The molecule has 0 saturated heterocycles. The number of halogens is 5. The molecule has 1 atom stereocenters. The molecule has 1 unspecified atom stereocenters. The van der Waals surface area contributed by atoms with E-state index in [1.165, 1.54) is 24.2 Å². The van der Waals surface area contributed by atoms with Crippen LogP contribution in [0.15, 0.2) is 47.5 Å². The van der Waals surface area contributed by atoms with Gasteiger partial charge in [0, 0.05) is 43.8 Å². The molecule has 1 aromatic carbocycles. The number of fused-ring (bicyclic) bond motifs is 1. The number of carbonyl (C=O) groups excluding carboxylic acids is 1. The predicted molar refractivity (Wildman–Crippen MR) is 126 cm³/mol. The summed E-state index contributed by atoms with van der Waals surface area (Å²) in [4.78, 5) is 42.8. The van der Waals surface area contributed by atoms with Crippen LogP contribution in [-0.4, -0.2) is 45.7 Å². The predicted octanol–water partition coefficient (Wildman–Crippen LogP) is 3.38. The molecule has 0 radical (unpaired) electrons. The number of carboxylic acid groups (broad SMARTS) is 1. The van der Waals surface area contributed by atoms with Crippen LogP contribution in [0.5, 0.6) is 0 Å². The minimum absolute atomic E-state index is 0.176. The number of anilines is 1. The van der Waals surface area contributed by atoms with Gasteiger partial charge in [-0.3, -0.25) is 14.6 Å². The molecule has 38 heavy (non-hydrogen) atoms. The monoisotopic (exact) mass is 536 g/mol. The molecule has 1 amide bonds. The first-order chi connectivity index (χ1) is 17.9. The molecule has 0 saturated carbocycles. The highest BCUT2D eigenvalue weighted by Crippen LogP contribution is 2.39. The zero-order valence-corrected chi connectivity index (χ0v) is 19.9. The van der Waals surface area contributed by atoms with Gasteiger partial charge >= 0.3 is 12.1 Å². The summed E-state index contributed by atoms with van der Waals surface area (Å²) < 4.78 is 70.4. The number of pyridine rings is 2. The highest BCUT2D eigenvalue weighted by atomic mass is 19.4. The number of amides is 1. The molecule has 2 N–H and O–H groups in total. The largest absolute Gasteiger partial charge is 0.480 e. The first-order valence-corrected chi connectivity index (χ1v) is 11.4. The maximum absolute atomic E-state index is 14.0. The molecule has 13 heteroatoms. The number of hydrogen-bond donors (Lipinski definition) is 2. The summed E-state index contributed by atoms with van der Waals surface area (Å²) in [7, 11) is 1.31. The molecule has 1 aliphatic heterocycles. The zero-order chi connectivity index (χ0) is 27.8. The molecule has 0 aliphatic carbocycles. The topological polar surface area (TPSA) is 105 Å². The number of nitrogens with zero attached hydrogens (tertiary/aromatic N) is 3. The van der Waals surface area contributed by atoms with Crippen molar-refractivity contribution in [3.8, 4) is 11.3 Å². The molecule has 200 valence electrons. The Bertz CT molecular complexity index is 1450. The van der Waals surface area contributed by atoms with Crippen molar-refractivity contribution >= 4 is 17.6 Å². The third kappa shape index (κ3) is 5.08. The average molecular weight is 536 g/mol. The number of aromatic nitrogens is 2. The van der Waals surface area contributed by atoms with Gasteiger partial charge in [-0.15, -0.1) is 0 Å². The Morgan fingerprint density at radius 1 is 1.16 bits per heavy atom. The second kappa shape index (κ2) is 10.2. The maximum atomic E-state index is 14.0. The first kappa shape index (κ1) is 26.8. The minimum Gasteiger partial charge on any atom is -0.480 e. The van der Waals surface area contributed by atoms with Gasteiger partial charge in [0.25, 0.3) is 11.5 Å². The Balaban J connectivity index is 1.71. The van der Waals surface area contributed by atoms with Gasteiger partial charge in [0.05, 0.1) is 16.8 Å². The number of alkyl halides is 3. The molecule has 0 spiro atoms. The minimum atomic E-state index is -4.83. The molecule has 8 nitrogen and oxygen atoms in total. The summed E-state index contributed by atoms with van der Waals surface area (Å²) in [6.45, 7) is -0.102.